The number of fused-ring (bicyclic) bond motifs is 1. The normalized spacial score (nSPS) is 14.7. The van der Waals surface area contributed by atoms with E-state index >= 15 is 0 Å². The van der Waals surface area contributed by atoms with Gasteiger partial charge in [0.2, 0.25) is 5.95 Å². The van der Waals surface area contributed by atoms with Crippen LogP contribution in [0.15, 0.2) is 18.3 Å². The standard InChI is InChI=1S/C21H24ClN9O2/c1-3-24-18-19-25-11-14(10-23)31(19)29-20(28-18)27-16-9-13(26-21(32)33)8-15(17(16)22)12-4-6-30(2)7-5-12/h8-9,11-12,26H,3-7H2,1-2H3,(H,32,33)(H2,24,27,28,29). The van der Waals surface area contributed by atoms with E-state index in [9.17, 15) is 15.2 Å². The minimum atomic E-state index is -1.17. The quantitative estimate of drug-likeness (QED) is 0.424. The van der Waals surface area contributed by atoms with Gasteiger partial charge < -0.3 is 20.6 Å². The molecule has 4 rings (SSSR count). The number of carbonyl (C=O) groups is 1. The van der Waals surface area contributed by atoms with Gasteiger partial charge in [0.15, 0.2) is 17.2 Å². The molecule has 33 heavy (non-hydrogen) atoms. The largest absolute Gasteiger partial charge is 0.465 e. The lowest BCUT2D eigenvalue weighted by molar-refractivity contribution is 0.209. The molecule has 12 heteroatoms. The molecular formula is C21H24ClN9O2. The fourth-order valence-electron chi connectivity index (χ4n) is 3.97. The van der Waals surface area contributed by atoms with Crippen molar-refractivity contribution in [1.82, 2.24) is 24.5 Å². The van der Waals surface area contributed by atoms with E-state index < -0.39 is 6.09 Å². The highest BCUT2D eigenvalue weighted by molar-refractivity contribution is 6.34. The first kappa shape index (κ1) is 22.6. The predicted octanol–water partition coefficient (Wildman–Crippen LogP) is 3.72. The van der Waals surface area contributed by atoms with Crippen LogP contribution in [0.1, 0.15) is 36.9 Å². The smallest absolute Gasteiger partial charge is 0.409 e. The van der Waals surface area contributed by atoms with Crippen molar-refractivity contribution in [3.05, 3.63) is 34.6 Å². The van der Waals surface area contributed by atoms with Crippen molar-refractivity contribution in [1.29, 1.82) is 5.26 Å². The van der Waals surface area contributed by atoms with Gasteiger partial charge in [0.1, 0.15) is 6.07 Å². The van der Waals surface area contributed by atoms with Crippen LogP contribution >= 0.6 is 11.6 Å². The van der Waals surface area contributed by atoms with Gasteiger partial charge in [-0.2, -0.15) is 14.8 Å². The van der Waals surface area contributed by atoms with Crippen molar-refractivity contribution in [2.45, 2.75) is 25.7 Å². The monoisotopic (exact) mass is 469 g/mol. The number of piperidine rings is 1. The first-order valence-electron chi connectivity index (χ1n) is 10.6. The average Bonchev–Trinajstić information content (AvgIpc) is 3.19. The number of nitrogens with zero attached hydrogens (tertiary/aromatic N) is 6. The molecule has 0 radical (unpaired) electrons. The van der Waals surface area contributed by atoms with Crippen LogP contribution in [-0.2, 0) is 0 Å². The number of halogens is 1. The summed E-state index contributed by atoms with van der Waals surface area (Å²) in [6, 6.07) is 5.45. The van der Waals surface area contributed by atoms with E-state index in [1.165, 1.54) is 10.7 Å². The fourth-order valence-corrected chi connectivity index (χ4v) is 4.28. The van der Waals surface area contributed by atoms with E-state index in [0.717, 1.165) is 31.5 Å². The molecule has 1 saturated heterocycles. The molecule has 1 fully saturated rings. The third-order valence-electron chi connectivity index (χ3n) is 5.58. The number of rotatable bonds is 6. The summed E-state index contributed by atoms with van der Waals surface area (Å²) in [6.07, 6.45) is 2.10. The second-order valence-corrected chi connectivity index (χ2v) is 8.24. The molecule has 1 aliphatic rings. The Morgan fingerprint density at radius 1 is 1.36 bits per heavy atom. The Morgan fingerprint density at radius 3 is 2.79 bits per heavy atom. The minimum absolute atomic E-state index is 0.191. The van der Waals surface area contributed by atoms with E-state index in [1.807, 2.05) is 6.92 Å². The maximum absolute atomic E-state index is 11.3. The van der Waals surface area contributed by atoms with E-state index in [1.54, 1.807) is 12.1 Å². The summed E-state index contributed by atoms with van der Waals surface area (Å²) >= 11 is 6.80. The maximum Gasteiger partial charge on any atom is 0.409 e. The average molecular weight is 470 g/mol. The summed E-state index contributed by atoms with van der Waals surface area (Å²) in [4.78, 5) is 22.3. The molecule has 2 aromatic heterocycles. The molecule has 3 aromatic rings. The number of amides is 1. The number of hydrogen-bond acceptors (Lipinski definition) is 8. The Labute approximate surface area is 195 Å². The molecule has 0 saturated carbocycles. The Kier molecular flexibility index (Phi) is 6.48. The lowest BCUT2D eigenvalue weighted by atomic mass is 9.89. The van der Waals surface area contributed by atoms with Crippen LogP contribution in [0.5, 0.6) is 0 Å². The van der Waals surface area contributed by atoms with Gasteiger partial charge in [0.25, 0.3) is 0 Å². The maximum atomic E-state index is 11.3. The summed E-state index contributed by atoms with van der Waals surface area (Å²) in [7, 11) is 2.08. The number of anilines is 4. The summed E-state index contributed by atoms with van der Waals surface area (Å²) < 4.78 is 1.40. The van der Waals surface area contributed by atoms with Crippen LogP contribution in [0.2, 0.25) is 5.02 Å². The molecule has 1 amide bonds. The first-order valence-corrected chi connectivity index (χ1v) is 11.0. The Morgan fingerprint density at radius 2 is 2.12 bits per heavy atom. The van der Waals surface area contributed by atoms with Gasteiger partial charge >= 0.3 is 6.09 Å². The fraction of sp³-hybridized carbons (Fsp3) is 0.381. The SMILES string of the molecule is CCNc1nc(Nc2cc(NC(=O)O)cc(C3CCN(C)CC3)c2Cl)nn2c(C#N)cnc12. The number of carboxylic acid groups (broad SMARTS) is 1. The number of likely N-dealkylation sites (tertiary alicyclic amines) is 1. The molecule has 0 unspecified atom stereocenters. The number of nitriles is 1. The molecule has 0 bridgehead atoms. The number of aromatic nitrogens is 4. The van der Waals surface area contributed by atoms with Crippen LogP contribution in [-0.4, -0.2) is 62.4 Å². The van der Waals surface area contributed by atoms with Crippen LogP contribution < -0.4 is 16.0 Å². The summed E-state index contributed by atoms with van der Waals surface area (Å²) in [5.74, 6) is 0.851. The Bertz CT molecular complexity index is 1230. The lowest BCUT2D eigenvalue weighted by Crippen LogP contribution is -2.29. The summed E-state index contributed by atoms with van der Waals surface area (Å²) in [6.45, 7) is 4.39. The van der Waals surface area contributed by atoms with Crippen molar-refractivity contribution >= 4 is 46.5 Å². The van der Waals surface area contributed by atoms with Crippen LogP contribution in [0.3, 0.4) is 0 Å². The Balaban J connectivity index is 1.76. The zero-order valence-electron chi connectivity index (χ0n) is 18.3. The zero-order valence-corrected chi connectivity index (χ0v) is 19.0. The molecule has 172 valence electrons. The van der Waals surface area contributed by atoms with Gasteiger partial charge in [-0.05, 0) is 63.5 Å². The third-order valence-corrected chi connectivity index (χ3v) is 6.00. The van der Waals surface area contributed by atoms with Crippen LogP contribution in [0, 0.1) is 11.3 Å². The molecule has 3 heterocycles. The highest BCUT2D eigenvalue weighted by Gasteiger charge is 2.24. The Hall–Kier alpha value is -3.62. The molecule has 0 spiro atoms. The highest BCUT2D eigenvalue weighted by atomic mass is 35.5. The van der Waals surface area contributed by atoms with Crippen molar-refractivity contribution in [3.63, 3.8) is 0 Å². The van der Waals surface area contributed by atoms with Crippen molar-refractivity contribution in [2.24, 2.45) is 0 Å². The lowest BCUT2D eigenvalue weighted by Gasteiger charge is -2.30. The van der Waals surface area contributed by atoms with E-state index in [0.29, 0.717) is 34.4 Å². The molecule has 4 N–H and O–H groups in total. The van der Waals surface area contributed by atoms with E-state index in [2.05, 4.69) is 49.0 Å². The highest BCUT2D eigenvalue weighted by Crippen LogP contribution is 2.39. The molecule has 1 aromatic carbocycles. The van der Waals surface area contributed by atoms with Gasteiger partial charge in [0, 0.05) is 12.2 Å². The number of benzene rings is 1. The predicted molar refractivity (Wildman–Crippen MR) is 126 cm³/mol. The number of imidazole rings is 1. The van der Waals surface area contributed by atoms with Crippen LogP contribution in [0.4, 0.5) is 27.9 Å². The van der Waals surface area contributed by atoms with Crippen molar-refractivity contribution < 1.29 is 9.90 Å². The van der Waals surface area contributed by atoms with Crippen molar-refractivity contribution in [3.8, 4) is 6.07 Å². The molecular weight excluding hydrogens is 446 g/mol. The first-order chi connectivity index (χ1) is 15.9. The summed E-state index contributed by atoms with van der Waals surface area (Å²) in [5.41, 5.74) is 2.42. The van der Waals surface area contributed by atoms with Gasteiger partial charge in [0.05, 0.1) is 16.9 Å². The minimum Gasteiger partial charge on any atom is -0.465 e. The van der Waals surface area contributed by atoms with Gasteiger partial charge in [-0.3, -0.25) is 5.32 Å². The van der Waals surface area contributed by atoms with Gasteiger partial charge in [-0.1, -0.05) is 11.6 Å². The molecule has 11 nitrogen and oxygen atoms in total. The molecule has 1 aliphatic heterocycles. The zero-order chi connectivity index (χ0) is 23.5. The summed E-state index contributed by atoms with van der Waals surface area (Å²) in [5, 5.41) is 32.2. The molecule has 0 atom stereocenters. The second-order valence-electron chi connectivity index (χ2n) is 7.86. The van der Waals surface area contributed by atoms with E-state index in [4.69, 9.17) is 11.6 Å². The van der Waals surface area contributed by atoms with Crippen molar-refractivity contribution in [2.75, 3.05) is 42.6 Å². The van der Waals surface area contributed by atoms with E-state index in [-0.39, 0.29) is 17.6 Å². The third kappa shape index (κ3) is 4.76. The van der Waals surface area contributed by atoms with Crippen LogP contribution in [0.25, 0.3) is 5.65 Å². The van der Waals surface area contributed by atoms with Gasteiger partial charge in [-0.25, -0.2) is 9.78 Å². The molecule has 0 aliphatic carbocycles. The topological polar surface area (TPSA) is 144 Å². The number of nitrogens with one attached hydrogen (secondary N) is 3. The van der Waals surface area contributed by atoms with Gasteiger partial charge in [-0.15, -0.1) is 5.10 Å². The number of hydrogen-bond donors (Lipinski definition) is 4. The second kappa shape index (κ2) is 9.48.